The second-order valence-corrected chi connectivity index (χ2v) is 7.03. The van der Waals surface area contributed by atoms with Gasteiger partial charge in [-0.1, -0.05) is 33.1 Å². The first-order valence-corrected chi connectivity index (χ1v) is 9.07. The van der Waals surface area contributed by atoms with Crippen LogP contribution in [0, 0.1) is 0 Å². The number of unbranched alkanes of at least 4 members (excludes halogenated alkanes) is 2. The largest absolute Gasteiger partial charge is 0.336 e. The van der Waals surface area contributed by atoms with Gasteiger partial charge in [0, 0.05) is 6.04 Å². The molecule has 0 spiro atoms. The van der Waals surface area contributed by atoms with Crippen molar-refractivity contribution < 1.29 is 0 Å². The van der Waals surface area contributed by atoms with Gasteiger partial charge in [-0.3, -0.25) is 0 Å². The molecule has 0 aliphatic heterocycles. The van der Waals surface area contributed by atoms with E-state index in [0.717, 1.165) is 0 Å². The van der Waals surface area contributed by atoms with Crippen LogP contribution in [-0.4, -0.2) is 4.57 Å². The summed E-state index contributed by atoms with van der Waals surface area (Å²) in [5.41, 5.74) is 2.91. The molecule has 3 heteroatoms. The van der Waals surface area contributed by atoms with Crippen molar-refractivity contribution in [2.24, 2.45) is 0 Å². The smallest absolute Gasteiger partial charge is 0.0700 e. The summed E-state index contributed by atoms with van der Waals surface area (Å²) in [5.74, 6) is 0. The maximum atomic E-state index is 2.60. The summed E-state index contributed by atoms with van der Waals surface area (Å²) in [6.45, 7) is 4.61. The van der Waals surface area contributed by atoms with E-state index >= 15 is 0 Å². The fourth-order valence-electron chi connectivity index (χ4n) is 2.99. The topological polar surface area (TPSA) is 4.93 Å². The van der Waals surface area contributed by atoms with Crippen LogP contribution in [0.25, 0.3) is 20.4 Å². The van der Waals surface area contributed by atoms with Crippen molar-refractivity contribution in [2.75, 3.05) is 0 Å². The molecule has 1 unspecified atom stereocenters. The molecule has 0 aromatic carbocycles. The highest BCUT2D eigenvalue weighted by atomic mass is 32.1. The third kappa shape index (κ3) is 2.23. The predicted molar refractivity (Wildman–Crippen MR) is 88.7 cm³/mol. The van der Waals surface area contributed by atoms with Crippen LogP contribution in [0.15, 0.2) is 22.9 Å². The van der Waals surface area contributed by atoms with Gasteiger partial charge in [0.05, 0.1) is 20.4 Å². The first kappa shape index (κ1) is 13.2. The van der Waals surface area contributed by atoms with Crippen LogP contribution in [0.5, 0.6) is 0 Å². The monoisotopic (exact) mass is 291 g/mol. The van der Waals surface area contributed by atoms with Crippen molar-refractivity contribution in [1.82, 2.24) is 4.57 Å². The van der Waals surface area contributed by atoms with Crippen molar-refractivity contribution in [2.45, 2.75) is 52.0 Å². The first-order valence-electron chi connectivity index (χ1n) is 7.31. The molecule has 0 bridgehead atoms. The van der Waals surface area contributed by atoms with Gasteiger partial charge in [0.15, 0.2) is 0 Å². The average molecular weight is 291 g/mol. The van der Waals surface area contributed by atoms with E-state index in [2.05, 4.69) is 41.3 Å². The Kier molecular flexibility index (Phi) is 3.94. The summed E-state index contributed by atoms with van der Waals surface area (Å²) in [5, 5.41) is 4.47. The van der Waals surface area contributed by atoms with Gasteiger partial charge < -0.3 is 4.57 Å². The van der Waals surface area contributed by atoms with Gasteiger partial charge in [-0.25, -0.2) is 0 Å². The van der Waals surface area contributed by atoms with E-state index in [-0.39, 0.29) is 0 Å². The molecular formula is C16H21NS2. The maximum Gasteiger partial charge on any atom is 0.0700 e. The zero-order chi connectivity index (χ0) is 13.2. The van der Waals surface area contributed by atoms with Gasteiger partial charge in [-0.15, -0.1) is 22.7 Å². The Morgan fingerprint density at radius 3 is 2.16 bits per heavy atom. The van der Waals surface area contributed by atoms with Gasteiger partial charge in [-0.2, -0.15) is 0 Å². The fraction of sp³-hybridized carbons (Fsp3) is 0.500. The lowest BCUT2D eigenvalue weighted by molar-refractivity contribution is 0.451. The molecule has 3 heterocycles. The number of hydrogen-bond donors (Lipinski definition) is 0. The molecule has 1 atom stereocenters. The van der Waals surface area contributed by atoms with E-state index in [4.69, 9.17) is 0 Å². The first-order chi connectivity index (χ1) is 9.36. The maximum absolute atomic E-state index is 2.60. The third-order valence-electron chi connectivity index (χ3n) is 3.99. The number of nitrogens with zero attached hydrogens (tertiary/aromatic N) is 1. The second kappa shape index (κ2) is 5.68. The minimum Gasteiger partial charge on any atom is -0.336 e. The van der Waals surface area contributed by atoms with Crippen LogP contribution >= 0.6 is 22.7 Å². The Hall–Kier alpha value is -0.800. The summed E-state index contributed by atoms with van der Waals surface area (Å²) < 4.78 is 5.57. The molecule has 3 aromatic heterocycles. The molecular weight excluding hydrogens is 270 g/mol. The summed E-state index contributed by atoms with van der Waals surface area (Å²) in [4.78, 5) is 0. The number of fused-ring (bicyclic) bond motifs is 3. The zero-order valence-corrected chi connectivity index (χ0v) is 13.3. The van der Waals surface area contributed by atoms with Crippen LogP contribution in [-0.2, 0) is 0 Å². The summed E-state index contributed by atoms with van der Waals surface area (Å²) in [6, 6.07) is 5.26. The molecule has 19 heavy (non-hydrogen) atoms. The van der Waals surface area contributed by atoms with E-state index in [9.17, 15) is 0 Å². The normalized spacial score (nSPS) is 13.6. The van der Waals surface area contributed by atoms with E-state index in [1.54, 1.807) is 0 Å². The van der Waals surface area contributed by atoms with Crippen LogP contribution in [0.1, 0.15) is 52.0 Å². The predicted octanol–water partition coefficient (Wildman–Crippen LogP) is 6.45. The van der Waals surface area contributed by atoms with Gasteiger partial charge in [0.1, 0.15) is 0 Å². The fourth-order valence-corrected chi connectivity index (χ4v) is 4.95. The standard InChI is InChI=1S/C16H21NS2/c1-3-5-6-7-12(4-2)17-13-8-10-18-15(13)16-14(17)9-11-19-16/h8-12H,3-7H2,1-2H3. The van der Waals surface area contributed by atoms with E-state index in [1.165, 1.54) is 52.5 Å². The minimum atomic E-state index is 0.663. The third-order valence-corrected chi connectivity index (χ3v) is 5.96. The quantitative estimate of drug-likeness (QED) is 0.460. The molecule has 0 aliphatic rings. The van der Waals surface area contributed by atoms with E-state index in [1.807, 2.05) is 22.7 Å². The van der Waals surface area contributed by atoms with Crippen LogP contribution < -0.4 is 0 Å². The average Bonchev–Trinajstić information content (AvgIpc) is 3.09. The molecule has 0 radical (unpaired) electrons. The Balaban J connectivity index is 2.03. The van der Waals surface area contributed by atoms with Gasteiger partial charge in [0.2, 0.25) is 0 Å². The van der Waals surface area contributed by atoms with Crippen molar-refractivity contribution in [3.05, 3.63) is 22.9 Å². The Morgan fingerprint density at radius 2 is 1.63 bits per heavy atom. The molecule has 3 rings (SSSR count). The van der Waals surface area contributed by atoms with Gasteiger partial charge in [-0.05, 0) is 35.7 Å². The zero-order valence-electron chi connectivity index (χ0n) is 11.7. The van der Waals surface area contributed by atoms with Crippen LogP contribution in [0.3, 0.4) is 0 Å². The lowest BCUT2D eigenvalue weighted by Crippen LogP contribution is -2.07. The second-order valence-electron chi connectivity index (χ2n) is 5.20. The highest BCUT2D eigenvalue weighted by Crippen LogP contribution is 2.40. The molecule has 0 fully saturated rings. The Morgan fingerprint density at radius 1 is 1.00 bits per heavy atom. The molecule has 3 aromatic rings. The van der Waals surface area contributed by atoms with E-state index < -0.39 is 0 Å². The molecule has 0 aliphatic carbocycles. The van der Waals surface area contributed by atoms with Crippen molar-refractivity contribution >= 4 is 43.1 Å². The number of thiophene rings is 2. The molecule has 102 valence electrons. The van der Waals surface area contributed by atoms with Crippen LogP contribution in [0.2, 0.25) is 0 Å². The lowest BCUT2D eigenvalue weighted by atomic mass is 10.1. The summed E-state index contributed by atoms with van der Waals surface area (Å²) >= 11 is 3.78. The molecule has 1 nitrogen and oxygen atoms in total. The molecule has 0 amide bonds. The molecule has 0 saturated heterocycles. The SMILES string of the molecule is CCCCCC(CC)n1c2ccsc2c2sccc21. The van der Waals surface area contributed by atoms with Crippen molar-refractivity contribution in [3.8, 4) is 0 Å². The van der Waals surface area contributed by atoms with Gasteiger partial charge in [0.25, 0.3) is 0 Å². The number of hydrogen-bond acceptors (Lipinski definition) is 2. The van der Waals surface area contributed by atoms with E-state index in [0.29, 0.717) is 6.04 Å². The number of rotatable bonds is 6. The Labute approximate surface area is 122 Å². The number of aromatic nitrogens is 1. The van der Waals surface area contributed by atoms with Crippen molar-refractivity contribution in [3.63, 3.8) is 0 Å². The lowest BCUT2D eigenvalue weighted by Gasteiger charge is -2.19. The van der Waals surface area contributed by atoms with Gasteiger partial charge >= 0.3 is 0 Å². The summed E-state index contributed by atoms with van der Waals surface area (Å²) in [6.07, 6.45) is 6.56. The minimum absolute atomic E-state index is 0.663. The Bertz CT molecular complexity index is 611. The highest BCUT2D eigenvalue weighted by Gasteiger charge is 2.18. The summed E-state index contributed by atoms with van der Waals surface area (Å²) in [7, 11) is 0. The highest BCUT2D eigenvalue weighted by molar-refractivity contribution is 7.25. The molecule has 0 saturated carbocycles. The van der Waals surface area contributed by atoms with Crippen molar-refractivity contribution in [1.29, 1.82) is 0 Å². The molecule has 0 N–H and O–H groups in total. The van der Waals surface area contributed by atoms with Crippen LogP contribution in [0.4, 0.5) is 0 Å².